The molecule has 1 aromatic rings. The first-order valence-corrected chi connectivity index (χ1v) is 4.53. The molecule has 4 nitrogen and oxygen atoms in total. The molecule has 0 amide bonds. The Labute approximate surface area is 70.0 Å². The lowest BCUT2D eigenvalue weighted by Crippen LogP contribution is -2.02. The van der Waals surface area contributed by atoms with Crippen molar-refractivity contribution in [3.05, 3.63) is 6.33 Å². The Morgan fingerprint density at radius 2 is 2.55 bits per heavy atom. The van der Waals surface area contributed by atoms with Crippen molar-refractivity contribution in [2.24, 2.45) is 0 Å². The van der Waals surface area contributed by atoms with Gasteiger partial charge in [-0.15, -0.1) is 5.10 Å². The van der Waals surface area contributed by atoms with Gasteiger partial charge in [-0.25, -0.2) is 4.68 Å². The summed E-state index contributed by atoms with van der Waals surface area (Å²) in [5.41, 5.74) is 0. The van der Waals surface area contributed by atoms with E-state index in [9.17, 15) is 0 Å². The highest BCUT2D eigenvalue weighted by Crippen LogP contribution is 2.04. The van der Waals surface area contributed by atoms with Crippen molar-refractivity contribution in [2.75, 3.05) is 12.9 Å². The smallest absolute Gasteiger partial charge is 0.208 e. The van der Waals surface area contributed by atoms with Crippen LogP contribution in [0.2, 0.25) is 0 Å². The van der Waals surface area contributed by atoms with Crippen LogP contribution in [0.25, 0.3) is 0 Å². The number of aromatic nitrogens is 3. The van der Waals surface area contributed by atoms with Crippen molar-refractivity contribution in [3.8, 4) is 0 Å². The van der Waals surface area contributed by atoms with Crippen LogP contribution in [0, 0.1) is 6.33 Å². The second kappa shape index (κ2) is 4.35. The maximum atomic E-state index is 5.10. The van der Waals surface area contributed by atoms with Crippen molar-refractivity contribution in [1.29, 1.82) is 0 Å². The molecule has 0 aromatic carbocycles. The van der Waals surface area contributed by atoms with Crippen LogP contribution in [0.4, 0.5) is 0 Å². The van der Waals surface area contributed by atoms with E-state index in [1.165, 1.54) is 11.8 Å². The van der Waals surface area contributed by atoms with Crippen LogP contribution in [0.1, 0.15) is 6.92 Å². The second-order valence-electron chi connectivity index (χ2n) is 1.82. The molecule has 1 rings (SSSR count). The number of hydrogen-bond donors (Lipinski definition) is 0. The first-order chi connectivity index (χ1) is 5.36. The Morgan fingerprint density at radius 3 is 3.09 bits per heavy atom. The summed E-state index contributed by atoms with van der Waals surface area (Å²) < 4.78 is 6.65. The van der Waals surface area contributed by atoms with Gasteiger partial charge in [0, 0.05) is 6.61 Å². The molecule has 1 heterocycles. The van der Waals surface area contributed by atoms with Gasteiger partial charge < -0.3 is 4.74 Å². The Morgan fingerprint density at radius 1 is 1.73 bits per heavy atom. The first kappa shape index (κ1) is 8.55. The van der Waals surface area contributed by atoms with Crippen LogP contribution in [0.15, 0.2) is 5.16 Å². The summed E-state index contributed by atoms with van der Waals surface area (Å²) in [6.45, 7) is 3.05. The van der Waals surface area contributed by atoms with Gasteiger partial charge in [0.25, 0.3) is 0 Å². The Bertz CT molecular complexity index is 213. The lowest BCUT2D eigenvalue weighted by atomic mass is 10.9. The third kappa shape index (κ3) is 2.51. The predicted molar refractivity (Wildman–Crippen MR) is 42.3 cm³/mol. The lowest BCUT2D eigenvalue weighted by molar-refractivity contribution is 0.0776. The van der Waals surface area contributed by atoms with Crippen LogP contribution in [-0.4, -0.2) is 27.6 Å². The van der Waals surface area contributed by atoms with Gasteiger partial charge in [0.2, 0.25) is 5.16 Å². The minimum absolute atomic E-state index is 0.435. The summed E-state index contributed by atoms with van der Waals surface area (Å²) >= 11 is 1.49. The number of ether oxygens (including phenoxy) is 1. The molecule has 0 saturated heterocycles. The third-order valence-corrected chi connectivity index (χ3v) is 1.61. The standard InChI is InChI=1S/C6H10N3OS/c1-3-10-5-9-4-7-6(8-9)11-2/h3,5H2,1-2H3. The van der Waals surface area contributed by atoms with Gasteiger partial charge in [0.05, 0.1) is 0 Å². The SMILES string of the molecule is CCOCn1[c]nc(SC)n1. The van der Waals surface area contributed by atoms with E-state index < -0.39 is 0 Å². The van der Waals surface area contributed by atoms with Gasteiger partial charge in [0.1, 0.15) is 6.73 Å². The summed E-state index contributed by atoms with van der Waals surface area (Å²) in [6.07, 6.45) is 4.63. The maximum absolute atomic E-state index is 5.10. The minimum atomic E-state index is 0.435. The molecule has 0 N–H and O–H groups in total. The average Bonchev–Trinajstić information content (AvgIpc) is 2.48. The highest BCUT2D eigenvalue weighted by atomic mass is 32.2. The van der Waals surface area contributed by atoms with Gasteiger partial charge in [0.15, 0.2) is 6.33 Å². The molecule has 0 unspecified atom stereocenters. The summed E-state index contributed by atoms with van der Waals surface area (Å²) in [6, 6.07) is 0. The molecular formula is C6H10N3OS. The highest BCUT2D eigenvalue weighted by Gasteiger charge is 1.97. The van der Waals surface area contributed by atoms with E-state index in [0.717, 1.165) is 5.16 Å². The molecule has 1 aromatic heterocycles. The molecule has 1 radical (unpaired) electrons. The van der Waals surface area contributed by atoms with Crippen molar-refractivity contribution in [1.82, 2.24) is 14.8 Å². The lowest BCUT2D eigenvalue weighted by Gasteiger charge is -1.97. The molecule has 0 aliphatic heterocycles. The largest absolute Gasteiger partial charge is 0.359 e. The molecule has 5 heteroatoms. The third-order valence-electron chi connectivity index (χ3n) is 1.07. The van der Waals surface area contributed by atoms with E-state index in [-0.39, 0.29) is 0 Å². The zero-order chi connectivity index (χ0) is 8.10. The highest BCUT2D eigenvalue weighted by molar-refractivity contribution is 7.98. The van der Waals surface area contributed by atoms with E-state index >= 15 is 0 Å². The van der Waals surface area contributed by atoms with Crippen molar-refractivity contribution >= 4 is 11.8 Å². The first-order valence-electron chi connectivity index (χ1n) is 3.31. The molecule has 0 aliphatic rings. The Hall–Kier alpha value is -0.550. The van der Waals surface area contributed by atoms with Crippen LogP contribution in [0.3, 0.4) is 0 Å². The Balaban J connectivity index is 2.44. The van der Waals surface area contributed by atoms with E-state index in [0.29, 0.717) is 13.3 Å². The fraction of sp³-hybridized carbons (Fsp3) is 0.667. The van der Waals surface area contributed by atoms with Crippen molar-refractivity contribution in [3.63, 3.8) is 0 Å². The van der Waals surface area contributed by atoms with Crippen LogP contribution in [-0.2, 0) is 11.5 Å². The van der Waals surface area contributed by atoms with E-state index in [1.54, 1.807) is 4.68 Å². The molecule has 0 spiro atoms. The normalized spacial score (nSPS) is 10.4. The Kier molecular flexibility index (Phi) is 3.38. The van der Waals surface area contributed by atoms with Crippen LogP contribution in [0.5, 0.6) is 0 Å². The fourth-order valence-electron chi connectivity index (χ4n) is 0.570. The van der Waals surface area contributed by atoms with Crippen LogP contribution < -0.4 is 0 Å². The number of thioether (sulfide) groups is 1. The van der Waals surface area contributed by atoms with E-state index in [2.05, 4.69) is 16.4 Å². The molecular weight excluding hydrogens is 162 g/mol. The van der Waals surface area contributed by atoms with Gasteiger partial charge in [-0.2, -0.15) is 4.98 Å². The maximum Gasteiger partial charge on any atom is 0.208 e. The molecule has 0 bridgehead atoms. The summed E-state index contributed by atoms with van der Waals surface area (Å²) in [4.78, 5) is 3.90. The fourth-order valence-corrected chi connectivity index (χ4v) is 0.883. The molecule has 0 fully saturated rings. The zero-order valence-corrected chi connectivity index (χ0v) is 7.39. The van der Waals surface area contributed by atoms with Crippen LogP contribution >= 0.6 is 11.8 Å². The van der Waals surface area contributed by atoms with E-state index in [1.807, 2.05) is 13.2 Å². The van der Waals surface area contributed by atoms with Crippen molar-refractivity contribution < 1.29 is 4.74 Å². The summed E-state index contributed by atoms with van der Waals surface area (Å²) in [7, 11) is 0. The summed E-state index contributed by atoms with van der Waals surface area (Å²) in [5.74, 6) is 0. The number of nitrogens with zero attached hydrogens (tertiary/aromatic N) is 3. The molecule has 61 valence electrons. The molecule has 0 saturated carbocycles. The van der Waals surface area contributed by atoms with Gasteiger partial charge >= 0.3 is 0 Å². The van der Waals surface area contributed by atoms with Crippen molar-refractivity contribution in [2.45, 2.75) is 18.8 Å². The van der Waals surface area contributed by atoms with Gasteiger partial charge in [-0.1, -0.05) is 11.8 Å². The molecule has 11 heavy (non-hydrogen) atoms. The average molecular weight is 172 g/mol. The molecule has 0 aliphatic carbocycles. The second-order valence-corrected chi connectivity index (χ2v) is 2.59. The topological polar surface area (TPSA) is 39.9 Å². The monoisotopic (exact) mass is 172 g/mol. The van der Waals surface area contributed by atoms with E-state index in [4.69, 9.17) is 4.74 Å². The molecule has 0 atom stereocenters. The minimum Gasteiger partial charge on any atom is -0.359 e. The predicted octanol–water partition coefficient (Wildman–Crippen LogP) is 0.794. The van der Waals surface area contributed by atoms with Gasteiger partial charge in [-0.05, 0) is 13.2 Å². The summed E-state index contributed by atoms with van der Waals surface area (Å²) in [5, 5.41) is 4.78. The zero-order valence-electron chi connectivity index (χ0n) is 6.57. The van der Waals surface area contributed by atoms with Gasteiger partial charge in [-0.3, -0.25) is 0 Å². The quantitative estimate of drug-likeness (QED) is 0.630. The number of rotatable bonds is 4. The number of hydrogen-bond acceptors (Lipinski definition) is 4.